The predicted octanol–water partition coefficient (Wildman–Crippen LogP) is 3.70. The Morgan fingerprint density at radius 1 is 1.17 bits per heavy atom. The maximum absolute atomic E-state index is 10.6. The van der Waals surface area contributed by atoms with E-state index in [4.69, 9.17) is 17.3 Å². The normalized spacial score (nSPS) is 12.6. The molecule has 0 aliphatic rings. The Hall–Kier alpha value is -2.04. The van der Waals surface area contributed by atoms with Gasteiger partial charge in [-0.05, 0) is 36.2 Å². The van der Waals surface area contributed by atoms with Crippen molar-refractivity contribution >= 4 is 28.6 Å². The summed E-state index contributed by atoms with van der Waals surface area (Å²) in [6, 6.07) is 15.4. The van der Waals surface area contributed by atoms with Gasteiger partial charge in [-0.1, -0.05) is 49.2 Å². The molecule has 24 heavy (non-hydrogen) atoms. The third-order valence-corrected chi connectivity index (χ3v) is 4.61. The number of aliphatic hydroxyl groups excluding tert-OH is 1. The van der Waals surface area contributed by atoms with Gasteiger partial charge in [-0.2, -0.15) is 0 Å². The van der Waals surface area contributed by atoms with E-state index in [1.165, 1.54) is 0 Å². The average molecular weight is 345 g/mol. The van der Waals surface area contributed by atoms with E-state index in [2.05, 4.69) is 17.6 Å². The minimum absolute atomic E-state index is 0.410. The molecule has 0 radical (unpaired) electrons. The van der Waals surface area contributed by atoms with Crippen molar-refractivity contribution in [3.8, 4) is 0 Å². The molecular formula is C19H23ClN3O+. The quantitative estimate of drug-likeness (QED) is 0.670. The van der Waals surface area contributed by atoms with Crippen molar-refractivity contribution in [2.75, 3.05) is 5.73 Å². The summed E-state index contributed by atoms with van der Waals surface area (Å²) in [6.07, 6.45) is 1.54. The van der Waals surface area contributed by atoms with Gasteiger partial charge in [0.25, 0.3) is 0 Å². The average Bonchev–Trinajstić information content (AvgIpc) is 2.85. The molecule has 0 aliphatic carbocycles. The molecule has 126 valence electrons. The van der Waals surface area contributed by atoms with Crippen LogP contribution in [-0.2, 0) is 13.1 Å². The van der Waals surface area contributed by atoms with Crippen LogP contribution in [0.4, 0.5) is 5.95 Å². The van der Waals surface area contributed by atoms with Crippen LogP contribution in [-0.4, -0.2) is 9.67 Å². The molecule has 3 N–H and O–H groups in total. The Balaban J connectivity index is 1.96. The number of rotatable bonds is 6. The van der Waals surface area contributed by atoms with Crippen molar-refractivity contribution in [1.29, 1.82) is 0 Å². The molecule has 0 saturated carbocycles. The SMILES string of the molecule is CCCCn1c(N)[n+](CC(O)c2ccc(Cl)cc2)c2ccccc21. The molecule has 4 nitrogen and oxygen atoms in total. The molecule has 0 fully saturated rings. The number of nitrogens with zero attached hydrogens (tertiary/aromatic N) is 2. The molecule has 0 amide bonds. The Bertz CT molecular complexity index is 826. The smallest absolute Gasteiger partial charge is 0.356 e. The number of fused-ring (bicyclic) bond motifs is 1. The summed E-state index contributed by atoms with van der Waals surface area (Å²) >= 11 is 5.92. The second-order valence-corrected chi connectivity index (χ2v) is 6.47. The molecule has 1 atom stereocenters. The summed E-state index contributed by atoms with van der Waals surface area (Å²) in [5.74, 6) is 0.678. The van der Waals surface area contributed by atoms with Crippen LogP contribution in [0.1, 0.15) is 31.4 Å². The first-order valence-electron chi connectivity index (χ1n) is 8.32. The lowest BCUT2D eigenvalue weighted by Gasteiger charge is -2.10. The first-order chi connectivity index (χ1) is 11.6. The van der Waals surface area contributed by atoms with Gasteiger partial charge < -0.3 is 5.11 Å². The van der Waals surface area contributed by atoms with Crippen LogP contribution in [0, 0.1) is 0 Å². The summed E-state index contributed by atoms with van der Waals surface area (Å²) in [4.78, 5) is 0. The first-order valence-corrected chi connectivity index (χ1v) is 8.69. The van der Waals surface area contributed by atoms with Crippen LogP contribution in [0.3, 0.4) is 0 Å². The van der Waals surface area contributed by atoms with E-state index in [0.717, 1.165) is 36.0 Å². The number of hydrogen-bond donors (Lipinski definition) is 2. The summed E-state index contributed by atoms with van der Waals surface area (Å²) in [7, 11) is 0. The number of benzene rings is 2. The third kappa shape index (κ3) is 3.25. The molecule has 2 aromatic carbocycles. The van der Waals surface area contributed by atoms with Gasteiger partial charge in [0.1, 0.15) is 23.7 Å². The van der Waals surface area contributed by atoms with Crippen molar-refractivity contribution < 1.29 is 9.67 Å². The minimum atomic E-state index is -0.639. The van der Waals surface area contributed by atoms with Crippen molar-refractivity contribution in [1.82, 2.24) is 4.57 Å². The number of unbranched alkanes of at least 4 members (excludes halogenated alkanes) is 1. The topological polar surface area (TPSA) is 55.1 Å². The zero-order valence-electron chi connectivity index (χ0n) is 13.8. The van der Waals surface area contributed by atoms with Gasteiger partial charge >= 0.3 is 5.95 Å². The maximum Gasteiger partial charge on any atom is 0.356 e. The van der Waals surface area contributed by atoms with Crippen LogP contribution in [0.25, 0.3) is 11.0 Å². The van der Waals surface area contributed by atoms with E-state index in [9.17, 15) is 5.11 Å². The van der Waals surface area contributed by atoms with E-state index in [-0.39, 0.29) is 0 Å². The fraction of sp³-hybridized carbons (Fsp3) is 0.316. The Morgan fingerprint density at radius 2 is 1.88 bits per heavy atom. The molecule has 1 unspecified atom stereocenters. The lowest BCUT2D eigenvalue weighted by Crippen LogP contribution is -2.39. The van der Waals surface area contributed by atoms with E-state index >= 15 is 0 Å². The number of halogens is 1. The van der Waals surface area contributed by atoms with E-state index < -0.39 is 6.10 Å². The molecule has 0 saturated heterocycles. The summed E-state index contributed by atoms with van der Waals surface area (Å²) < 4.78 is 4.12. The maximum atomic E-state index is 10.6. The number of hydrogen-bond acceptors (Lipinski definition) is 2. The van der Waals surface area contributed by atoms with Crippen molar-refractivity contribution in [2.24, 2.45) is 0 Å². The molecule has 1 heterocycles. The molecule has 0 bridgehead atoms. The van der Waals surface area contributed by atoms with Crippen LogP contribution in [0.5, 0.6) is 0 Å². The van der Waals surface area contributed by atoms with Gasteiger partial charge in [-0.15, -0.1) is 0 Å². The van der Waals surface area contributed by atoms with Crippen LogP contribution in [0.15, 0.2) is 48.5 Å². The van der Waals surface area contributed by atoms with E-state index in [1.807, 2.05) is 34.9 Å². The molecule has 3 rings (SSSR count). The number of para-hydroxylation sites is 2. The minimum Gasteiger partial charge on any atom is -0.385 e. The van der Waals surface area contributed by atoms with Crippen LogP contribution < -0.4 is 10.3 Å². The first kappa shape index (κ1) is 16.8. The van der Waals surface area contributed by atoms with Gasteiger partial charge in [0, 0.05) is 5.02 Å². The standard InChI is InChI=1S/C19H22ClN3O/c1-2-3-12-22-16-6-4-5-7-17(16)23(19(22)21)13-18(24)14-8-10-15(20)11-9-14/h4-11,18,21,24H,2-3,12-13H2,1H3/p+1. The molecule has 1 aromatic heterocycles. The molecule has 0 aliphatic heterocycles. The van der Waals surface area contributed by atoms with E-state index in [1.54, 1.807) is 12.1 Å². The molecule has 3 aromatic rings. The highest BCUT2D eigenvalue weighted by Gasteiger charge is 2.22. The molecule has 0 spiro atoms. The number of aromatic nitrogens is 2. The fourth-order valence-electron chi connectivity index (χ4n) is 3.02. The largest absolute Gasteiger partial charge is 0.385 e. The van der Waals surface area contributed by atoms with Crippen LogP contribution >= 0.6 is 11.6 Å². The van der Waals surface area contributed by atoms with Gasteiger partial charge in [0.15, 0.2) is 0 Å². The second-order valence-electron chi connectivity index (χ2n) is 6.03. The number of imidazole rings is 1. The zero-order valence-corrected chi connectivity index (χ0v) is 14.6. The Kier molecular flexibility index (Phi) is 5.07. The predicted molar refractivity (Wildman–Crippen MR) is 97.9 cm³/mol. The summed E-state index contributed by atoms with van der Waals surface area (Å²) in [5, 5.41) is 11.3. The van der Waals surface area contributed by atoms with Gasteiger partial charge in [0.2, 0.25) is 0 Å². The summed E-state index contributed by atoms with van der Waals surface area (Å²) in [6.45, 7) is 3.46. The van der Waals surface area contributed by atoms with Gasteiger partial charge in [-0.25, -0.2) is 9.13 Å². The third-order valence-electron chi connectivity index (χ3n) is 4.36. The van der Waals surface area contributed by atoms with Gasteiger partial charge in [-0.3, -0.25) is 5.73 Å². The van der Waals surface area contributed by atoms with Crippen molar-refractivity contribution in [2.45, 2.75) is 39.0 Å². The highest BCUT2D eigenvalue weighted by Crippen LogP contribution is 2.21. The van der Waals surface area contributed by atoms with E-state index in [0.29, 0.717) is 17.5 Å². The zero-order chi connectivity index (χ0) is 17.1. The van der Waals surface area contributed by atoms with Crippen molar-refractivity contribution in [3.63, 3.8) is 0 Å². The number of nitrogen functional groups attached to an aromatic ring is 1. The lowest BCUT2D eigenvalue weighted by atomic mass is 10.1. The highest BCUT2D eigenvalue weighted by molar-refractivity contribution is 6.30. The number of nitrogens with two attached hydrogens (primary N) is 1. The molecule has 5 heteroatoms. The van der Waals surface area contributed by atoms with Crippen LogP contribution in [0.2, 0.25) is 5.02 Å². The van der Waals surface area contributed by atoms with Gasteiger partial charge in [0.05, 0.1) is 6.54 Å². The number of aryl methyl sites for hydroxylation is 1. The second kappa shape index (κ2) is 7.24. The number of aliphatic hydroxyl groups is 1. The Morgan fingerprint density at radius 3 is 2.58 bits per heavy atom. The monoisotopic (exact) mass is 344 g/mol. The fourth-order valence-corrected chi connectivity index (χ4v) is 3.15. The molecular weight excluding hydrogens is 322 g/mol. The van der Waals surface area contributed by atoms with Crippen molar-refractivity contribution in [3.05, 3.63) is 59.1 Å². The number of anilines is 1. The lowest BCUT2D eigenvalue weighted by molar-refractivity contribution is -0.666. The Labute approximate surface area is 147 Å². The highest BCUT2D eigenvalue weighted by atomic mass is 35.5. The summed E-state index contributed by atoms with van der Waals surface area (Å²) in [5.41, 5.74) is 9.38.